The van der Waals surface area contributed by atoms with Crippen LogP contribution in [0.25, 0.3) is 0 Å². The van der Waals surface area contributed by atoms with Gasteiger partial charge in [-0.05, 0) is 12.1 Å². The first kappa shape index (κ1) is 10.8. The summed E-state index contributed by atoms with van der Waals surface area (Å²) in [5.41, 5.74) is 6.04. The summed E-state index contributed by atoms with van der Waals surface area (Å²) in [7, 11) is 1.43. The molecule has 0 aromatic heterocycles. The molecular formula is C9H10ClNO3. The van der Waals surface area contributed by atoms with Crippen molar-refractivity contribution in [3.8, 4) is 0 Å². The molecule has 0 heterocycles. The smallest absolute Gasteiger partial charge is 0.342 e. The van der Waals surface area contributed by atoms with Gasteiger partial charge in [-0.2, -0.15) is 0 Å². The second kappa shape index (κ2) is 4.83. The van der Waals surface area contributed by atoms with Gasteiger partial charge in [0, 0.05) is 7.11 Å². The van der Waals surface area contributed by atoms with E-state index in [1.165, 1.54) is 7.11 Å². The normalized spacial score (nSPS) is 9.86. The summed E-state index contributed by atoms with van der Waals surface area (Å²) in [6.45, 7) is -0.106. The number of carbonyl (C=O) groups excluding carboxylic acids is 1. The number of esters is 1. The fourth-order valence-electron chi connectivity index (χ4n) is 0.905. The molecular weight excluding hydrogens is 206 g/mol. The van der Waals surface area contributed by atoms with Crippen molar-refractivity contribution < 1.29 is 14.3 Å². The third-order valence-electron chi connectivity index (χ3n) is 1.58. The number of para-hydroxylation sites is 1. The van der Waals surface area contributed by atoms with Crippen LogP contribution in [0.3, 0.4) is 0 Å². The summed E-state index contributed by atoms with van der Waals surface area (Å²) in [5, 5.41) is 0.330. The van der Waals surface area contributed by atoms with Crippen molar-refractivity contribution in [3.05, 3.63) is 28.8 Å². The van der Waals surface area contributed by atoms with Crippen LogP contribution in [0.1, 0.15) is 10.4 Å². The Kier molecular flexibility index (Phi) is 3.73. The lowest BCUT2D eigenvalue weighted by molar-refractivity contribution is -0.0124. The van der Waals surface area contributed by atoms with Crippen molar-refractivity contribution in [2.24, 2.45) is 0 Å². The maximum Gasteiger partial charge on any atom is 0.342 e. The highest BCUT2D eigenvalue weighted by molar-refractivity contribution is 6.33. The molecule has 1 rings (SSSR count). The minimum atomic E-state index is -0.549. The summed E-state index contributed by atoms with van der Waals surface area (Å²) in [4.78, 5) is 11.3. The molecule has 4 nitrogen and oxygen atoms in total. The van der Waals surface area contributed by atoms with Crippen LogP contribution in [0.2, 0.25) is 5.02 Å². The highest BCUT2D eigenvalue weighted by atomic mass is 35.5. The predicted molar refractivity (Wildman–Crippen MR) is 53.2 cm³/mol. The highest BCUT2D eigenvalue weighted by Gasteiger charge is 2.12. The zero-order chi connectivity index (χ0) is 10.6. The third kappa shape index (κ3) is 2.37. The molecule has 0 aliphatic rings. The molecule has 0 aliphatic heterocycles. The Hall–Kier alpha value is -1.26. The molecule has 0 saturated heterocycles. The lowest BCUT2D eigenvalue weighted by atomic mass is 10.2. The number of hydrogen-bond acceptors (Lipinski definition) is 4. The SMILES string of the molecule is COCOC(=O)c1cccc(Cl)c1N. The van der Waals surface area contributed by atoms with Crippen LogP contribution in [0, 0.1) is 0 Å². The zero-order valence-corrected chi connectivity index (χ0v) is 8.38. The first-order chi connectivity index (χ1) is 6.66. The van der Waals surface area contributed by atoms with Crippen LogP contribution < -0.4 is 5.73 Å². The minimum Gasteiger partial charge on any atom is -0.435 e. The number of carbonyl (C=O) groups is 1. The highest BCUT2D eigenvalue weighted by Crippen LogP contribution is 2.22. The van der Waals surface area contributed by atoms with Crippen LogP contribution in [-0.2, 0) is 9.47 Å². The van der Waals surface area contributed by atoms with E-state index < -0.39 is 5.97 Å². The maximum absolute atomic E-state index is 11.3. The Morgan fingerprint density at radius 1 is 1.57 bits per heavy atom. The molecule has 0 fully saturated rings. The fraction of sp³-hybridized carbons (Fsp3) is 0.222. The van der Waals surface area contributed by atoms with Gasteiger partial charge in [-0.15, -0.1) is 0 Å². The van der Waals surface area contributed by atoms with Gasteiger partial charge in [0.25, 0.3) is 0 Å². The molecule has 0 radical (unpaired) electrons. The Morgan fingerprint density at radius 2 is 2.29 bits per heavy atom. The summed E-state index contributed by atoms with van der Waals surface area (Å²) >= 11 is 5.73. The molecule has 0 aliphatic carbocycles. The quantitative estimate of drug-likeness (QED) is 0.474. The van der Waals surface area contributed by atoms with E-state index >= 15 is 0 Å². The van der Waals surface area contributed by atoms with E-state index in [0.717, 1.165) is 0 Å². The van der Waals surface area contributed by atoms with Gasteiger partial charge in [-0.1, -0.05) is 17.7 Å². The molecule has 5 heteroatoms. The molecule has 0 spiro atoms. The summed E-state index contributed by atoms with van der Waals surface area (Å²) < 4.78 is 9.30. The van der Waals surface area contributed by atoms with E-state index in [0.29, 0.717) is 5.02 Å². The first-order valence-corrected chi connectivity index (χ1v) is 4.24. The Labute approximate surface area is 86.6 Å². The second-order valence-corrected chi connectivity index (χ2v) is 2.95. The van der Waals surface area contributed by atoms with Crippen LogP contribution >= 0.6 is 11.6 Å². The van der Waals surface area contributed by atoms with Crippen LogP contribution in [0.5, 0.6) is 0 Å². The standard InChI is InChI=1S/C9H10ClNO3/c1-13-5-14-9(12)6-3-2-4-7(10)8(6)11/h2-4H,5,11H2,1H3. The van der Waals surface area contributed by atoms with Gasteiger partial charge in [0.05, 0.1) is 16.3 Å². The topological polar surface area (TPSA) is 61.5 Å². The summed E-state index contributed by atoms with van der Waals surface area (Å²) in [6, 6.07) is 4.77. The minimum absolute atomic E-state index is 0.106. The van der Waals surface area contributed by atoms with Crippen LogP contribution in [0.4, 0.5) is 5.69 Å². The zero-order valence-electron chi connectivity index (χ0n) is 7.62. The van der Waals surface area contributed by atoms with Gasteiger partial charge in [-0.25, -0.2) is 4.79 Å². The molecule has 0 saturated carbocycles. The molecule has 2 N–H and O–H groups in total. The molecule has 76 valence electrons. The maximum atomic E-state index is 11.3. The molecule has 1 aromatic rings. The molecule has 0 amide bonds. The monoisotopic (exact) mass is 215 g/mol. The average molecular weight is 216 g/mol. The first-order valence-electron chi connectivity index (χ1n) is 3.87. The van der Waals surface area contributed by atoms with Crippen LogP contribution in [-0.4, -0.2) is 19.9 Å². The average Bonchev–Trinajstić information content (AvgIpc) is 2.18. The predicted octanol–water partition coefficient (Wildman–Crippen LogP) is 1.68. The van der Waals surface area contributed by atoms with E-state index in [9.17, 15) is 4.79 Å². The van der Waals surface area contributed by atoms with Crippen molar-refractivity contribution in [3.63, 3.8) is 0 Å². The van der Waals surface area contributed by atoms with Crippen molar-refractivity contribution in [1.82, 2.24) is 0 Å². The number of hydrogen-bond donors (Lipinski definition) is 1. The van der Waals surface area contributed by atoms with Gasteiger partial charge in [-0.3, -0.25) is 0 Å². The van der Waals surface area contributed by atoms with Gasteiger partial charge in [0.15, 0.2) is 6.79 Å². The van der Waals surface area contributed by atoms with Crippen molar-refractivity contribution >= 4 is 23.3 Å². The number of methoxy groups -OCH3 is 1. The molecule has 14 heavy (non-hydrogen) atoms. The number of anilines is 1. The van der Waals surface area contributed by atoms with Crippen molar-refractivity contribution in [2.45, 2.75) is 0 Å². The van der Waals surface area contributed by atoms with Crippen molar-refractivity contribution in [1.29, 1.82) is 0 Å². The van der Waals surface area contributed by atoms with E-state index in [-0.39, 0.29) is 18.0 Å². The lowest BCUT2D eigenvalue weighted by Crippen LogP contribution is -2.10. The Morgan fingerprint density at radius 3 is 2.93 bits per heavy atom. The third-order valence-corrected chi connectivity index (χ3v) is 1.91. The number of nitrogens with two attached hydrogens (primary N) is 1. The summed E-state index contributed by atoms with van der Waals surface area (Å²) in [6.07, 6.45) is 0. The summed E-state index contributed by atoms with van der Waals surface area (Å²) in [5.74, 6) is -0.549. The largest absolute Gasteiger partial charge is 0.435 e. The number of ether oxygens (including phenoxy) is 2. The van der Waals surface area contributed by atoms with Gasteiger partial charge in [0.1, 0.15) is 0 Å². The second-order valence-electron chi connectivity index (χ2n) is 2.54. The van der Waals surface area contributed by atoms with E-state index in [1.54, 1.807) is 18.2 Å². The van der Waals surface area contributed by atoms with Gasteiger partial charge in [0.2, 0.25) is 0 Å². The number of benzene rings is 1. The number of halogens is 1. The van der Waals surface area contributed by atoms with E-state index in [2.05, 4.69) is 4.74 Å². The Bertz CT molecular complexity index is 341. The van der Waals surface area contributed by atoms with Crippen LogP contribution in [0.15, 0.2) is 18.2 Å². The molecule has 0 bridgehead atoms. The molecule has 1 aromatic carbocycles. The van der Waals surface area contributed by atoms with E-state index in [4.69, 9.17) is 22.1 Å². The fourth-order valence-corrected chi connectivity index (χ4v) is 1.08. The van der Waals surface area contributed by atoms with Gasteiger partial charge < -0.3 is 15.2 Å². The Balaban J connectivity index is 2.84. The number of nitrogen functional groups attached to an aromatic ring is 1. The van der Waals surface area contributed by atoms with Gasteiger partial charge >= 0.3 is 5.97 Å². The lowest BCUT2D eigenvalue weighted by Gasteiger charge is -2.06. The van der Waals surface area contributed by atoms with E-state index in [1.807, 2.05) is 0 Å². The molecule has 0 atom stereocenters. The van der Waals surface area contributed by atoms with Crippen molar-refractivity contribution in [2.75, 3.05) is 19.6 Å². The molecule has 0 unspecified atom stereocenters. The number of rotatable bonds is 3.